The van der Waals surface area contributed by atoms with E-state index >= 15 is 0 Å². The minimum absolute atomic E-state index is 0.0351. The molecule has 0 aromatic heterocycles. The van der Waals surface area contributed by atoms with Crippen LogP contribution < -0.4 is 5.32 Å². The fraction of sp³-hybridized carbons (Fsp3) is 0.533. The van der Waals surface area contributed by atoms with Crippen LogP contribution in [0.4, 0.5) is 0 Å². The molecule has 104 valence electrons. The molecule has 2 rings (SSSR count). The summed E-state index contributed by atoms with van der Waals surface area (Å²) in [7, 11) is 0. The smallest absolute Gasteiger partial charge is 0.234 e. The summed E-state index contributed by atoms with van der Waals surface area (Å²) in [5.41, 5.74) is 1.12. The molecule has 0 unspecified atom stereocenters. The highest BCUT2D eigenvalue weighted by atomic mass is 79.9. The largest absolute Gasteiger partial charge is 0.348 e. The highest BCUT2D eigenvalue weighted by Crippen LogP contribution is 2.22. The monoisotopic (exact) mass is 324 g/mol. The molecule has 3 nitrogen and oxygen atoms in total. The van der Waals surface area contributed by atoms with E-state index in [0.717, 1.165) is 23.1 Å². The zero-order valence-electron chi connectivity index (χ0n) is 11.4. The van der Waals surface area contributed by atoms with E-state index in [4.69, 9.17) is 0 Å². The number of halogens is 1. The van der Waals surface area contributed by atoms with E-state index in [-0.39, 0.29) is 11.9 Å². The normalized spacial score (nSPS) is 18.0. The van der Waals surface area contributed by atoms with Crippen molar-refractivity contribution in [3.05, 3.63) is 34.3 Å². The van der Waals surface area contributed by atoms with Gasteiger partial charge in [-0.25, -0.2) is 0 Å². The number of nitrogens with one attached hydrogen (secondary N) is 1. The van der Waals surface area contributed by atoms with Crippen LogP contribution in [0.1, 0.15) is 37.8 Å². The van der Waals surface area contributed by atoms with Crippen LogP contribution in [0.3, 0.4) is 0 Å². The molecule has 19 heavy (non-hydrogen) atoms. The van der Waals surface area contributed by atoms with E-state index in [1.807, 2.05) is 31.2 Å². The lowest BCUT2D eigenvalue weighted by Crippen LogP contribution is -2.40. The third kappa shape index (κ3) is 4.32. The van der Waals surface area contributed by atoms with Crippen molar-refractivity contribution in [3.8, 4) is 0 Å². The van der Waals surface area contributed by atoms with Gasteiger partial charge in [-0.05, 0) is 44.5 Å². The number of nitrogens with zero attached hydrogens (tertiary/aromatic N) is 1. The van der Waals surface area contributed by atoms with Crippen molar-refractivity contribution in [3.63, 3.8) is 0 Å². The molecule has 1 atom stereocenters. The molecule has 0 aliphatic carbocycles. The molecule has 1 aliphatic rings. The van der Waals surface area contributed by atoms with Crippen molar-refractivity contribution < 1.29 is 4.79 Å². The van der Waals surface area contributed by atoms with Crippen molar-refractivity contribution in [1.82, 2.24) is 10.2 Å². The van der Waals surface area contributed by atoms with Crippen LogP contribution in [0.5, 0.6) is 0 Å². The fourth-order valence-corrected chi connectivity index (χ4v) is 3.14. The van der Waals surface area contributed by atoms with Crippen LogP contribution in [0.25, 0.3) is 0 Å². The standard InChI is InChI=1S/C15H21BrN2O/c1-12(13-7-3-4-8-14(13)16)17-15(19)11-18-9-5-2-6-10-18/h3-4,7-8,12H,2,5-6,9-11H2,1H3,(H,17,19)/t12-/m1/s1. The summed E-state index contributed by atoms with van der Waals surface area (Å²) >= 11 is 3.52. The van der Waals surface area contributed by atoms with Gasteiger partial charge in [0.05, 0.1) is 12.6 Å². The molecule has 1 aromatic carbocycles. The quantitative estimate of drug-likeness (QED) is 0.922. The molecular weight excluding hydrogens is 304 g/mol. The molecule has 1 heterocycles. The van der Waals surface area contributed by atoms with Gasteiger partial charge in [0.25, 0.3) is 0 Å². The fourth-order valence-electron chi connectivity index (χ4n) is 2.51. The average molecular weight is 325 g/mol. The van der Waals surface area contributed by atoms with E-state index in [9.17, 15) is 4.79 Å². The Morgan fingerprint density at radius 1 is 1.32 bits per heavy atom. The zero-order valence-corrected chi connectivity index (χ0v) is 12.9. The highest BCUT2D eigenvalue weighted by Gasteiger charge is 2.16. The second-order valence-corrected chi connectivity index (χ2v) is 6.00. The summed E-state index contributed by atoms with van der Waals surface area (Å²) in [6, 6.07) is 8.05. The zero-order chi connectivity index (χ0) is 13.7. The first kappa shape index (κ1) is 14.5. The molecule has 0 radical (unpaired) electrons. The molecule has 1 N–H and O–H groups in total. The van der Waals surface area contributed by atoms with Crippen LogP contribution >= 0.6 is 15.9 Å². The van der Waals surface area contributed by atoms with Crippen LogP contribution in [0, 0.1) is 0 Å². The van der Waals surface area contributed by atoms with Gasteiger partial charge in [-0.1, -0.05) is 40.5 Å². The summed E-state index contributed by atoms with van der Waals surface area (Å²) in [6.07, 6.45) is 3.73. The number of hydrogen-bond donors (Lipinski definition) is 1. The molecule has 1 amide bonds. The number of rotatable bonds is 4. The van der Waals surface area contributed by atoms with E-state index in [2.05, 4.69) is 26.1 Å². The molecule has 1 saturated heterocycles. The predicted molar refractivity (Wildman–Crippen MR) is 81.0 cm³/mol. The van der Waals surface area contributed by atoms with E-state index in [1.54, 1.807) is 0 Å². The number of likely N-dealkylation sites (tertiary alicyclic amines) is 1. The van der Waals surface area contributed by atoms with Crippen LogP contribution in [-0.2, 0) is 4.79 Å². The first-order valence-electron chi connectivity index (χ1n) is 6.93. The Hall–Kier alpha value is -0.870. The minimum atomic E-state index is 0.0351. The molecule has 4 heteroatoms. The van der Waals surface area contributed by atoms with Gasteiger partial charge in [0.1, 0.15) is 0 Å². The topological polar surface area (TPSA) is 32.3 Å². The van der Waals surface area contributed by atoms with Crippen LogP contribution in [0.2, 0.25) is 0 Å². The number of hydrogen-bond acceptors (Lipinski definition) is 2. The van der Waals surface area contributed by atoms with Crippen molar-refractivity contribution in [2.75, 3.05) is 19.6 Å². The third-order valence-corrected chi connectivity index (χ3v) is 4.29. The summed E-state index contributed by atoms with van der Waals surface area (Å²) in [5.74, 6) is 0.116. The van der Waals surface area contributed by atoms with Gasteiger partial charge < -0.3 is 5.32 Å². The Labute approximate surface area is 123 Å². The van der Waals surface area contributed by atoms with Crippen molar-refractivity contribution in [2.24, 2.45) is 0 Å². The van der Waals surface area contributed by atoms with Gasteiger partial charge >= 0.3 is 0 Å². The molecule has 1 aromatic rings. The lowest BCUT2D eigenvalue weighted by Gasteiger charge is -2.26. The van der Waals surface area contributed by atoms with Crippen molar-refractivity contribution in [1.29, 1.82) is 0 Å². The maximum absolute atomic E-state index is 12.0. The molecular formula is C15H21BrN2O. The molecule has 1 aliphatic heterocycles. The first-order chi connectivity index (χ1) is 9.16. The predicted octanol–water partition coefficient (Wildman–Crippen LogP) is 3.11. The Balaban J connectivity index is 1.86. The second kappa shape index (κ2) is 7.06. The average Bonchev–Trinajstić information content (AvgIpc) is 2.40. The van der Waals surface area contributed by atoms with Gasteiger partial charge in [-0.2, -0.15) is 0 Å². The molecule has 1 fully saturated rings. The van der Waals surface area contributed by atoms with Crippen LogP contribution in [0.15, 0.2) is 28.7 Å². The minimum Gasteiger partial charge on any atom is -0.348 e. The molecule has 0 spiro atoms. The van der Waals surface area contributed by atoms with Crippen molar-refractivity contribution >= 4 is 21.8 Å². The number of carbonyl (C=O) groups excluding carboxylic acids is 1. The summed E-state index contributed by atoms with van der Waals surface area (Å²) in [5, 5.41) is 3.07. The number of benzene rings is 1. The Kier molecular flexibility index (Phi) is 5.40. The summed E-state index contributed by atoms with van der Waals surface area (Å²) in [4.78, 5) is 14.3. The van der Waals surface area contributed by atoms with E-state index in [0.29, 0.717) is 6.54 Å². The maximum Gasteiger partial charge on any atom is 0.234 e. The van der Waals surface area contributed by atoms with E-state index < -0.39 is 0 Å². The SMILES string of the molecule is C[C@@H](NC(=O)CN1CCCCC1)c1ccccc1Br. The summed E-state index contributed by atoms with van der Waals surface area (Å²) in [6.45, 7) is 4.65. The van der Waals surface area contributed by atoms with Gasteiger partial charge in [0.15, 0.2) is 0 Å². The molecule has 0 saturated carbocycles. The van der Waals surface area contributed by atoms with Crippen LogP contribution in [-0.4, -0.2) is 30.4 Å². The number of carbonyl (C=O) groups is 1. The van der Waals surface area contributed by atoms with Crippen molar-refractivity contribution in [2.45, 2.75) is 32.2 Å². The van der Waals surface area contributed by atoms with Gasteiger partial charge in [-0.3, -0.25) is 9.69 Å². The molecule has 0 bridgehead atoms. The summed E-state index contributed by atoms with van der Waals surface area (Å²) < 4.78 is 1.04. The van der Waals surface area contributed by atoms with E-state index in [1.165, 1.54) is 19.3 Å². The number of piperidine rings is 1. The Morgan fingerprint density at radius 2 is 2.00 bits per heavy atom. The van der Waals surface area contributed by atoms with Gasteiger partial charge in [0.2, 0.25) is 5.91 Å². The lowest BCUT2D eigenvalue weighted by molar-refractivity contribution is -0.123. The first-order valence-corrected chi connectivity index (χ1v) is 7.72. The number of amides is 1. The lowest BCUT2D eigenvalue weighted by atomic mass is 10.1. The third-order valence-electron chi connectivity index (χ3n) is 3.57. The Bertz CT molecular complexity index is 430. The van der Waals surface area contributed by atoms with Gasteiger partial charge in [-0.15, -0.1) is 0 Å². The van der Waals surface area contributed by atoms with Gasteiger partial charge in [0, 0.05) is 4.47 Å². The second-order valence-electron chi connectivity index (χ2n) is 5.15. The highest BCUT2D eigenvalue weighted by molar-refractivity contribution is 9.10. The maximum atomic E-state index is 12.0. The Morgan fingerprint density at radius 3 is 2.68 bits per heavy atom.